The lowest BCUT2D eigenvalue weighted by atomic mass is 9.98. The van der Waals surface area contributed by atoms with Crippen LogP contribution in [-0.2, 0) is 19.1 Å². The molecule has 1 aliphatic carbocycles. The fraction of sp³-hybridized carbons (Fsp3) is 0.423. The van der Waals surface area contributed by atoms with E-state index in [9.17, 15) is 19.5 Å². The quantitative estimate of drug-likeness (QED) is 0.522. The summed E-state index contributed by atoms with van der Waals surface area (Å²) in [7, 11) is 0. The number of rotatable bonds is 9. The third-order valence-corrected chi connectivity index (χ3v) is 6.41. The molecule has 0 radical (unpaired) electrons. The second-order valence-electron chi connectivity index (χ2n) is 8.72. The molecule has 4 rings (SSSR count). The van der Waals surface area contributed by atoms with E-state index >= 15 is 0 Å². The fourth-order valence-electron chi connectivity index (χ4n) is 4.71. The standard InChI is InChI=1S/C26H30N2O6/c1-2-7-22(25(30)31)28-24(29)23-13-12-16(34-23)14-27-26(32)33-15-21-19-10-5-3-8-17(19)18-9-4-6-11-20(18)21/h3-6,8-11,16,21-23H,2,7,12-15H2,1H3,(H,27,32)(H,28,29)(H,30,31). The van der Waals surface area contributed by atoms with Gasteiger partial charge in [-0.25, -0.2) is 9.59 Å². The molecule has 2 amide bonds. The first kappa shape index (κ1) is 23.8. The molecule has 3 unspecified atom stereocenters. The van der Waals surface area contributed by atoms with Crippen LogP contribution in [-0.4, -0.2) is 54.5 Å². The molecule has 0 aromatic heterocycles. The number of benzene rings is 2. The van der Waals surface area contributed by atoms with Crippen LogP contribution < -0.4 is 10.6 Å². The molecule has 2 aromatic rings. The first-order valence-corrected chi connectivity index (χ1v) is 11.8. The molecule has 0 saturated carbocycles. The van der Waals surface area contributed by atoms with Gasteiger partial charge in [0.1, 0.15) is 18.8 Å². The van der Waals surface area contributed by atoms with E-state index < -0.39 is 30.1 Å². The predicted molar refractivity (Wildman–Crippen MR) is 125 cm³/mol. The number of amides is 2. The SMILES string of the molecule is CCCC(NC(=O)C1CCC(CNC(=O)OCC2c3ccccc3-c3ccccc32)O1)C(=O)O. The number of ether oxygens (including phenoxy) is 2. The first-order valence-electron chi connectivity index (χ1n) is 11.8. The van der Waals surface area contributed by atoms with Gasteiger partial charge < -0.3 is 25.2 Å². The van der Waals surface area contributed by atoms with Gasteiger partial charge >= 0.3 is 12.1 Å². The van der Waals surface area contributed by atoms with Crippen molar-refractivity contribution in [2.45, 2.75) is 56.8 Å². The summed E-state index contributed by atoms with van der Waals surface area (Å²) in [6.07, 6.45) is 0.496. The molecule has 3 atom stereocenters. The number of carbonyl (C=O) groups excluding carboxylic acids is 2. The van der Waals surface area contributed by atoms with E-state index in [1.807, 2.05) is 31.2 Å². The molecule has 2 aromatic carbocycles. The van der Waals surface area contributed by atoms with Crippen LogP contribution in [0.3, 0.4) is 0 Å². The van der Waals surface area contributed by atoms with Crippen molar-refractivity contribution in [3.8, 4) is 11.1 Å². The van der Waals surface area contributed by atoms with Gasteiger partial charge in [0, 0.05) is 12.5 Å². The highest BCUT2D eigenvalue weighted by molar-refractivity contribution is 5.86. The number of hydrogen-bond acceptors (Lipinski definition) is 5. The lowest BCUT2D eigenvalue weighted by molar-refractivity contribution is -0.144. The van der Waals surface area contributed by atoms with Gasteiger partial charge in [-0.2, -0.15) is 0 Å². The molecule has 1 aliphatic heterocycles. The minimum atomic E-state index is -1.05. The summed E-state index contributed by atoms with van der Waals surface area (Å²) in [6, 6.07) is 15.4. The number of nitrogens with one attached hydrogen (secondary N) is 2. The van der Waals surface area contributed by atoms with E-state index in [1.54, 1.807) is 0 Å². The summed E-state index contributed by atoms with van der Waals surface area (Å²) in [6.45, 7) is 2.31. The number of fused-ring (bicyclic) bond motifs is 3. The van der Waals surface area contributed by atoms with Gasteiger partial charge in [-0.1, -0.05) is 61.9 Å². The van der Waals surface area contributed by atoms with Gasteiger partial charge in [0.2, 0.25) is 5.91 Å². The van der Waals surface area contributed by atoms with Crippen LogP contribution in [0.4, 0.5) is 4.79 Å². The molecule has 1 saturated heterocycles. The summed E-state index contributed by atoms with van der Waals surface area (Å²) in [4.78, 5) is 36.0. The monoisotopic (exact) mass is 466 g/mol. The number of hydrogen-bond donors (Lipinski definition) is 3. The van der Waals surface area contributed by atoms with Crippen LogP contribution in [0.1, 0.15) is 49.7 Å². The number of carboxylic acids is 1. The first-order chi connectivity index (χ1) is 16.5. The maximum absolute atomic E-state index is 12.4. The van der Waals surface area contributed by atoms with Gasteiger partial charge in [-0.3, -0.25) is 4.79 Å². The van der Waals surface area contributed by atoms with E-state index in [0.29, 0.717) is 25.7 Å². The summed E-state index contributed by atoms with van der Waals surface area (Å²) in [5.74, 6) is -1.49. The Morgan fingerprint density at radius 3 is 2.32 bits per heavy atom. The van der Waals surface area contributed by atoms with Gasteiger partial charge in [0.25, 0.3) is 0 Å². The van der Waals surface area contributed by atoms with E-state index in [1.165, 1.54) is 11.1 Å². The van der Waals surface area contributed by atoms with Gasteiger partial charge in [-0.15, -0.1) is 0 Å². The number of alkyl carbamates (subject to hydrolysis) is 1. The predicted octanol–water partition coefficient (Wildman–Crippen LogP) is 3.44. The maximum Gasteiger partial charge on any atom is 0.407 e. The Bertz CT molecular complexity index is 1010. The molecule has 8 nitrogen and oxygen atoms in total. The number of carboxylic acid groups (broad SMARTS) is 1. The van der Waals surface area contributed by atoms with Gasteiger partial charge in [0.05, 0.1) is 6.10 Å². The van der Waals surface area contributed by atoms with Crippen LogP contribution in [0.5, 0.6) is 0 Å². The molecule has 3 N–H and O–H groups in total. The van der Waals surface area contributed by atoms with Crippen LogP contribution in [0, 0.1) is 0 Å². The third-order valence-electron chi connectivity index (χ3n) is 6.41. The van der Waals surface area contributed by atoms with Gasteiger partial charge in [0.15, 0.2) is 0 Å². The summed E-state index contributed by atoms with van der Waals surface area (Å²) in [5.41, 5.74) is 4.62. The number of carbonyl (C=O) groups is 3. The zero-order chi connectivity index (χ0) is 24.1. The zero-order valence-corrected chi connectivity index (χ0v) is 19.2. The molecule has 1 fully saturated rings. The van der Waals surface area contributed by atoms with Crippen molar-refractivity contribution in [2.24, 2.45) is 0 Å². The van der Waals surface area contributed by atoms with Crippen molar-refractivity contribution in [2.75, 3.05) is 13.2 Å². The van der Waals surface area contributed by atoms with E-state index in [2.05, 4.69) is 34.9 Å². The van der Waals surface area contributed by atoms with Crippen molar-refractivity contribution < 1.29 is 29.0 Å². The topological polar surface area (TPSA) is 114 Å². The van der Waals surface area contributed by atoms with E-state index in [0.717, 1.165) is 11.1 Å². The van der Waals surface area contributed by atoms with E-state index in [-0.39, 0.29) is 25.2 Å². The average molecular weight is 467 g/mol. The van der Waals surface area contributed by atoms with Crippen LogP contribution in [0.25, 0.3) is 11.1 Å². The smallest absolute Gasteiger partial charge is 0.407 e. The molecular formula is C26H30N2O6. The second kappa shape index (κ2) is 10.7. The van der Waals surface area contributed by atoms with Crippen molar-refractivity contribution >= 4 is 18.0 Å². The normalized spacial score (nSPS) is 19.7. The molecule has 180 valence electrons. The minimum Gasteiger partial charge on any atom is -0.480 e. The molecule has 0 bridgehead atoms. The van der Waals surface area contributed by atoms with Crippen LogP contribution >= 0.6 is 0 Å². The molecule has 2 aliphatic rings. The highest BCUT2D eigenvalue weighted by Crippen LogP contribution is 2.44. The third kappa shape index (κ3) is 5.22. The van der Waals surface area contributed by atoms with Crippen LogP contribution in [0.15, 0.2) is 48.5 Å². The van der Waals surface area contributed by atoms with Crippen molar-refractivity contribution in [1.29, 1.82) is 0 Å². The van der Waals surface area contributed by atoms with Crippen LogP contribution in [0.2, 0.25) is 0 Å². The Balaban J connectivity index is 1.24. The van der Waals surface area contributed by atoms with Crippen molar-refractivity contribution in [3.63, 3.8) is 0 Å². The lowest BCUT2D eigenvalue weighted by Crippen LogP contribution is -2.45. The highest BCUT2D eigenvalue weighted by Gasteiger charge is 2.33. The largest absolute Gasteiger partial charge is 0.480 e. The Hall–Kier alpha value is -3.39. The minimum absolute atomic E-state index is 0.0146. The van der Waals surface area contributed by atoms with E-state index in [4.69, 9.17) is 9.47 Å². The maximum atomic E-state index is 12.4. The average Bonchev–Trinajstić information content (AvgIpc) is 3.44. The number of aliphatic carboxylic acids is 1. The zero-order valence-electron chi connectivity index (χ0n) is 19.2. The second-order valence-corrected chi connectivity index (χ2v) is 8.72. The molecule has 0 spiro atoms. The molecular weight excluding hydrogens is 436 g/mol. The Labute approximate surface area is 198 Å². The highest BCUT2D eigenvalue weighted by atomic mass is 16.5. The van der Waals surface area contributed by atoms with Crippen molar-refractivity contribution in [1.82, 2.24) is 10.6 Å². The molecule has 8 heteroatoms. The summed E-state index contributed by atoms with van der Waals surface area (Å²) in [5, 5.41) is 14.5. The van der Waals surface area contributed by atoms with Gasteiger partial charge in [-0.05, 0) is 41.5 Å². The Morgan fingerprint density at radius 2 is 1.71 bits per heavy atom. The fourth-order valence-corrected chi connectivity index (χ4v) is 4.71. The molecule has 34 heavy (non-hydrogen) atoms. The Kier molecular flexibility index (Phi) is 7.47. The van der Waals surface area contributed by atoms with Crippen molar-refractivity contribution in [3.05, 3.63) is 59.7 Å². The Morgan fingerprint density at radius 1 is 1.06 bits per heavy atom. The lowest BCUT2D eigenvalue weighted by Gasteiger charge is -2.18. The molecule has 1 heterocycles. The summed E-state index contributed by atoms with van der Waals surface area (Å²) < 4.78 is 11.3. The summed E-state index contributed by atoms with van der Waals surface area (Å²) >= 11 is 0.